The topological polar surface area (TPSA) is 491 Å². The van der Waals surface area contributed by atoms with Crippen LogP contribution in [-0.4, -0.2) is 187 Å². The number of nitrogens with two attached hydrogens (primary N) is 5. The molecule has 1 heterocycles. The van der Waals surface area contributed by atoms with Gasteiger partial charge in [0.1, 0.15) is 60.4 Å². The second kappa shape index (κ2) is 39.4. The lowest BCUT2D eigenvalue weighted by molar-refractivity contribution is -0.137. The molecule has 0 unspecified atom stereocenters. The maximum absolute atomic E-state index is 14.4. The number of amides is 11. The number of hydrogen-bond donors (Lipinski definition) is 18. The fourth-order valence-corrected chi connectivity index (χ4v) is 8.80. The third kappa shape index (κ3) is 27.8. The van der Waals surface area contributed by atoms with Gasteiger partial charge in [-0.1, -0.05) is 60.8 Å². The number of carbonyl (C=O) groups excluding carboxylic acids is 11. The van der Waals surface area contributed by atoms with Crippen molar-refractivity contribution < 1.29 is 63.0 Å². The van der Waals surface area contributed by atoms with Crippen LogP contribution < -0.4 is 87.2 Å². The minimum atomic E-state index is -1.69. The summed E-state index contributed by atoms with van der Waals surface area (Å²) in [4.78, 5) is 153. The zero-order valence-electron chi connectivity index (χ0n) is 49.4. The van der Waals surface area contributed by atoms with Gasteiger partial charge in [-0.3, -0.25) is 52.7 Å². The Labute approximate surface area is 482 Å². The van der Waals surface area contributed by atoms with E-state index in [1.807, 2.05) is 0 Å². The van der Waals surface area contributed by atoms with Crippen LogP contribution in [0.3, 0.4) is 0 Å². The van der Waals surface area contributed by atoms with Crippen molar-refractivity contribution in [2.75, 3.05) is 39.3 Å². The van der Waals surface area contributed by atoms with Crippen molar-refractivity contribution in [3.8, 4) is 0 Å². The Morgan fingerprint density at radius 3 is 1.35 bits per heavy atom. The second-order valence-corrected chi connectivity index (χ2v) is 22.2. The number of rotatable bonds is 29. The van der Waals surface area contributed by atoms with Crippen LogP contribution in [-0.2, 0) is 52.7 Å². The van der Waals surface area contributed by atoms with E-state index in [-0.39, 0.29) is 95.9 Å². The number of unbranched alkanes of at least 4 members (excludes halogenated alkanes) is 2. The molecule has 1 fully saturated rings. The fraction of sp³-hybridized carbons (Fsp3) is 0.792. The maximum atomic E-state index is 14.4. The third-order valence-electron chi connectivity index (χ3n) is 13.3. The summed E-state index contributed by atoms with van der Waals surface area (Å²) in [6.07, 6.45) is -0.749. The molecule has 1 saturated heterocycles. The minimum Gasteiger partial charge on any atom is -0.391 e. The maximum Gasteiger partial charge on any atom is 0.245 e. The van der Waals surface area contributed by atoms with Gasteiger partial charge in [0.2, 0.25) is 65.0 Å². The van der Waals surface area contributed by atoms with Crippen molar-refractivity contribution in [2.24, 2.45) is 46.4 Å². The molecule has 12 atom stereocenters. The Morgan fingerprint density at radius 2 is 0.927 bits per heavy atom. The molecule has 1 rings (SSSR count). The number of hydrogen-bond acceptors (Lipinski definition) is 18. The van der Waals surface area contributed by atoms with Crippen LogP contribution in [0.25, 0.3) is 0 Å². The summed E-state index contributed by atoms with van der Waals surface area (Å²) < 4.78 is 0. The van der Waals surface area contributed by atoms with Crippen LogP contribution in [0, 0.1) is 17.8 Å². The van der Waals surface area contributed by atoms with E-state index in [1.54, 1.807) is 27.7 Å². The molecule has 0 radical (unpaired) electrons. The lowest BCUT2D eigenvalue weighted by Gasteiger charge is -2.29. The Bertz CT molecular complexity index is 2060. The lowest BCUT2D eigenvalue weighted by Crippen LogP contribution is -2.62. The van der Waals surface area contributed by atoms with E-state index in [1.165, 1.54) is 13.8 Å². The van der Waals surface area contributed by atoms with Gasteiger partial charge in [-0.2, -0.15) is 0 Å². The van der Waals surface area contributed by atoms with Gasteiger partial charge < -0.3 is 97.4 Å². The molecule has 0 spiro atoms. The van der Waals surface area contributed by atoms with E-state index in [0.29, 0.717) is 12.3 Å². The van der Waals surface area contributed by atoms with Crippen molar-refractivity contribution in [1.82, 2.24) is 58.5 Å². The van der Waals surface area contributed by atoms with E-state index in [9.17, 15) is 63.0 Å². The van der Waals surface area contributed by atoms with Gasteiger partial charge in [0, 0.05) is 13.0 Å². The molecule has 29 heteroatoms. The first-order valence-electron chi connectivity index (χ1n) is 28.8. The Kier molecular flexibility index (Phi) is 35.5. The highest BCUT2D eigenvalue weighted by molar-refractivity contribution is 5.99. The molecule has 11 amide bonds. The highest BCUT2D eigenvalue weighted by Gasteiger charge is 2.37. The van der Waals surface area contributed by atoms with Crippen molar-refractivity contribution in [3.05, 3.63) is 0 Å². The predicted molar refractivity (Wildman–Crippen MR) is 305 cm³/mol. The average Bonchev–Trinajstić information content (AvgIpc) is 3.38. The summed E-state index contributed by atoms with van der Waals surface area (Å²) in [5.41, 5.74) is 29.2. The van der Waals surface area contributed by atoms with Gasteiger partial charge in [-0.25, -0.2) is 0 Å². The molecular weight excluding hydrogens is 1070 g/mol. The molecule has 0 aliphatic carbocycles. The van der Waals surface area contributed by atoms with Gasteiger partial charge in [-0.15, -0.1) is 0 Å². The van der Waals surface area contributed by atoms with Gasteiger partial charge in [0.05, 0.1) is 12.2 Å². The van der Waals surface area contributed by atoms with Gasteiger partial charge in [0.15, 0.2) is 0 Å². The number of aliphatic hydroxyl groups excluding tert-OH is 2. The van der Waals surface area contributed by atoms with Crippen LogP contribution in [0.4, 0.5) is 0 Å². The summed E-state index contributed by atoms with van der Waals surface area (Å²) in [7, 11) is 0. The zero-order valence-corrected chi connectivity index (χ0v) is 49.4. The lowest BCUT2D eigenvalue weighted by atomic mass is 9.99. The average molecular weight is 1170 g/mol. The van der Waals surface area contributed by atoms with Crippen LogP contribution in [0.5, 0.6) is 0 Å². The highest BCUT2D eigenvalue weighted by Crippen LogP contribution is 2.13. The smallest absolute Gasteiger partial charge is 0.245 e. The Hall–Kier alpha value is -6.11. The molecule has 0 aromatic rings. The van der Waals surface area contributed by atoms with Crippen LogP contribution in [0.15, 0.2) is 0 Å². The summed E-state index contributed by atoms with van der Waals surface area (Å²) in [6, 6.07) is -14.5. The molecule has 82 heavy (non-hydrogen) atoms. The normalized spacial score (nSPS) is 23.1. The molecule has 470 valence electrons. The molecule has 23 N–H and O–H groups in total. The first-order chi connectivity index (χ1) is 38.6. The molecule has 1 aliphatic rings. The minimum absolute atomic E-state index is 0.0126. The van der Waals surface area contributed by atoms with Crippen molar-refractivity contribution in [2.45, 2.75) is 211 Å². The van der Waals surface area contributed by atoms with E-state index in [2.05, 4.69) is 72.3 Å². The monoisotopic (exact) mass is 1170 g/mol. The third-order valence-corrected chi connectivity index (χ3v) is 13.3. The van der Waals surface area contributed by atoms with Crippen molar-refractivity contribution >= 4 is 65.0 Å². The van der Waals surface area contributed by atoms with E-state index >= 15 is 0 Å². The van der Waals surface area contributed by atoms with Crippen molar-refractivity contribution in [3.63, 3.8) is 0 Å². The summed E-state index contributed by atoms with van der Waals surface area (Å²) in [5, 5.41) is 49.5. The molecule has 29 nitrogen and oxygen atoms in total. The fourth-order valence-electron chi connectivity index (χ4n) is 8.80. The van der Waals surface area contributed by atoms with E-state index in [4.69, 9.17) is 28.7 Å². The van der Waals surface area contributed by atoms with Crippen molar-refractivity contribution in [1.29, 1.82) is 0 Å². The highest BCUT2D eigenvalue weighted by atomic mass is 16.3. The van der Waals surface area contributed by atoms with Crippen LogP contribution >= 0.6 is 0 Å². The first kappa shape index (κ1) is 73.9. The molecule has 0 aromatic carbocycles. The number of nitrogens with one attached hydrogen (secondary N) is 11. The van der Waals surface area contributed by atoms with Crippen LogP contribution in [0.1, 0.15) is 139 Å². The van der Waals surface area contributed by atoms with E-state index in [0.717, 1.165) is 19.3 Å². The van der Waals surface area contributed by atoms with Gasteiger partial charge in [-0.05, 0) is 122 Å². The number of aliphatic hydroxyl groups is 2. The molecule has 0 saturated carbocycles. The Morgan fingerprint density at radius 1 is 0.488 bits per heavy atom. The molecule has 0 aromatic heterocycles. The molecule has 0 bridgehead atoms. The standard InChI is InChI=1S/C53H100N16O13/c1-28(2)12-10-9-11-13-41(72)60-33(14-20-54)48(77)69-43(32(8)71)53(82)65-36(17-23-57)45(74)64-38-19-25-59-52(81)42(31(7)70)68-49(78)37(18-24-58)62-44(73)34(15-21-55)63-50(79)39(26-29(3)4)67-51(80)40(27-30(5)6)66-46(75)35(16-22-56)61-47(38)76/h28-40,42-43,70-71H,9-27,54-58H2,1-8H3,(H,59,81)(H,60,72)(H,61,76)(H,62,73)(H,63,79)(H,64,74)(H,65,82)(H,66,75)(H,67,80)(H,68,78)(H,69,77)/t31-,32-,33+,34+,35+,36+,37+,38+,39-,40+,42+,43+/m1/s1. The second-order valence-electron chi connectivity index (χ2n) is 22.2. The first-order valence-corrected chi connectivity index (χ1v) is 28.8. The quantitative estimate of drug-likeness (QED) is 0.0311. The zero-order chi connectivity index (χ0) is 62.2. The number of carbonyl (C=O) groups is 11. The van der Waals surface area contributed by atoms with Crippen LogP contribution in [0.2, 0.25) is 0 Å². The van der Waals surface area contributed by atoms with Gasteiger partial charge in [0.25, 0.3) is 0 Å². The predicted octanol–water partition coefficient (Wildman–Crippen LogP) is -5.44. The Balaban J connectivity index is 3.81. The van der Waals surface area contributed by atoms with Gasteiger partial charge >= 0.3 is 0 Å². The molecule has 1 aliphatic heterocycles. The van der Waals surface area contributed by atoms with E-state index < -0.39 is 151 Å². The summed E-state index contributed by atoms with van der Waals surface area (Å²) in [5.74, 6) is -9.47. The summed E-state index contributed by atoms with van der Waals surface area (Å²) in [6.45, 7) is 12.7. The largest absolute Gasteiger partial charge is 0.391 e. The summed E-state index contributed by atoms with van der Waals surface area (Å²) >= 11 is 0. The molecular formula is C53H100N16O13. The SMILES string of the molecule is CC(C)CCCCCC(=O)N[C@@H](CCN)C(=O)N[C@H](C(=O)N[C@@H](CCN)C(=O)N[C@H]1CCNC(=O)[C@H]([C@@H](C)O)NC(=O)[C@H](CCN)NC(=O)[C@H](CCN)NC(=O)[C@@H](CC(C)C)NC(=O)[C@H](CC(C)C)NC(=O)[C@H](CCN)NC1=O)[C@@H](C)O.